The highest BCUT2D eigenvalue weighted by atomic mass is 16.6. The van der Waals surface area contributed by atoms with Crippen LogP contribution in [0, 0.1) is 17.3 Å². The molecule has 0 saturated carbocycles. The third-order valence-electron chi connectivity index (χ3n) is 3.98. The van der Waals surface area contributed by atoms with Crippen LogP contribution in [-0.4, -0.2) is 49.7 Å². The van der Waals surface area contributed by atoms with Gasteiger partial charge in [-0.3, -0.25) is 9.59 Å². The van der Waals surface area contributed by atoms with Crippen molar-refractivity contribution in [2.75, 3.05) is 14.2 Å². The maximum atomic E-state index is 13.0. The molecule has 0 aliphatic rings. The maximum Gasteiger partial charge on any atom is 0.336 e. The van der Waals surface area contributed by atoms with Crippen molar-refractivity contribution in [1.29, 1.82) is 0 Å². The Labute approximate surface area is 163 Å². The minimum Gasteiger partial charge on any atom is -0.458 e. The van der Waals surface area contributed by atoms with Crippen molar-refractivity contribution >= 4 is 17.8 Å². The van der Waals surface area contributed by atoms with Crippen LogP contribution in [0.4, 0.5) is 0 Å². The Morgan fingerprint density at radius 3 is 1.81 bits per heavy atom. The predicted molar refractivity (Wildman–Crippen MR) is 105 cm³/mol. The standard InChI is InChI=1S/C20H38N2O5/c1-12(2)11-13(14(26-10)18(25)27-20(6,7)8)16(23)22-15(17(24)21-9)19(3,4)5/h12-15H,11H2,1-10H3,(H,21,24)(H,22,23)/t13-,14+,15-/m1/s1. The maximum absolute atomic E-state index is 13.0. The summed E-state index contributed by atoms with van der Waals surface area (Å²) in [6.07, 6.45) is -0.620. The van der Waals surface area contributed by atoms with Crippen molar-refractivity contribution in [1.82, 2.24) is 10.6 Å². The monoisotopic (exact) mass is 386 g/mol. The third kappa shape index (κ3) is 8.73. The lowest BCUT2D eigenvalue weighted by Crippen LogP contribution is -2.56. The Hall–Kier alpha value is -1.63. The number of esters is 1. The number of ether oxygens (including phenoxy) is 2. The fourth-order valence-electron chi connectivity index (χ4n) is 2.73. The highest BCUT2D eigenvalue weighted by molar-refractivity contribution is 5.91. The van der Waals surface area contributed by atoms with E-state index in [0.717, 1.165) is 0 Å². The van der Waals surface area contributed by atoms with Gasteiger partial charge >= 0.3 is 5.97 Å². The van der Waals surface area contributed by atoms with E-state index < -0.39 is 41.0 Å². The molecule has 27 heavy (non-hydrogen) atoms. The average Bonchev–Trinajstić information content (AvgIpc) is 2.48. The van der Waals surface area contributed by atoms with Gasteiger partial charge in [0.2, 0.25) is 11.8 Å². The number of carbonyl (C=O) groups is 3. The minimum absolute atomic E-state index is 0.147. The van der Waals surface area contributed by atoms with Gasteiger partial charge in [0.1, 0.15) is 11.6 Å². The molecule has 2 N–H and O–H groups in total. The topological polar surface area (TPSA) is 93.7 Å². The number of amides is 2. The van der Waals surface area contributed by atoms with E-state index in [1.165, 1.54) is 14.2 Å². The molecule has 0 spiro atoms. The van der Waals surface area contributed by atoms with E-state index in [-0.39, 0.29) is 11.8 Å². The molecule has 0 heterocycles. The Morgan fingerprint density at radius 2 is 1.48 bits per heavy atom. The molecule has 0 aromatic heterocycles. The summed E-state index contributed by atoms with van der Waals surface area (Å²) in [7, 11) is 2.91. The summed E-state index contributed by atoms with van der Waals surface area (Å²) in [5.74, 6) is -1.89. The molecule has 158 valence electrons. The van der Waals surface area contributed by atoms with E-state index in [9.17, 15) is 14.4 Å². The molecule has 0 rings (SSSR count). The molecular weight excluding hydrogens is 348 g/mol. The zero-order valence-electron chi connectivity index (χ0n) is 18.6. The summed E-state index contributed by atoms with van der Waals surface area (Å²) in [5, 5.41) is 5.38. The number of carbonyl (C=O) groups excluding carboxylic acids is 3. The highest BCUT2D eigenvalue weighted by Gasteiger charge is 2.40. The molecule has 7 nitrogen and oxygen atoms in total. The van der Waals surface area contributed by atoms with Crippen LogP contribution in [0.5, 0.6) is 0 Å². The van der Waals surface area contributed by atoms with Gasteiger partial charge in [-0.15, -0.1) is 0 Å². The molecule has 0 aromatic carbocycles. The second-order valence-electron chi connectivity index (χ2n) is 9.35. The van der Waals surface area contributed by atoms with Crippen LogP contribution >= 0.6 is 0 Å². The van der Waals surface area contributed by atoms with Gasteiger partial charge in [-0.2, -0.15) is 0 Å². The van der Waals surface area contributed by atoms with Crippen molar-refractivity contribution in [2.24, 2.45) is 17.3 Å². The molecule has 0 unspecified atom stereocenters. The summed E-state index contributed by atoms with van der Waals surface area (Å²) >= 11 is 0. The van der Waals surface area contributed by atoms with Gasteiger partial charge in [0.25, 0.3) is 0 Å². The Morgan fingerprint density at radius 1 is 0.963 bits per heavy atom. The number of likely N-dealkylation sites (N-methyl/N-ethyl adjacent to an activating group) is 1. The first kappa shape index (κ1) is 25.4. The lowest BCUT2D eigenvalue weighted by Gasteiger charge is -2.33. The summed E-state index contributed by atoms with van der Waals surface area (Å²) < 4.78 is 10.8. The molecule has 0 bridgehead atoms. The first-order chi connectivity index (χ1) is 12.1. The SMILES string of the molecule is CNC(=O)[C@@H](NC(=O)[C@H](CC(C)C)[C@H](OC)C(=O)OC(C)(C)C)C(C)(C)C. The number of methoxy groups -OCH3 is 1. The quantitative estimate of drug-likeness (QED) is 0.624. The second-order valence-corrected chi connectivity index (χ2v) is 9.35. The first-order valence-corrected chi connectivity index (χ1v) is 9.41. The molecule has 0 fully saturated rings. The Balaban J connectivity index is 5.67. The van der Waals surface area contributed by atoms with Crippen LogP contribution in [0.1, 0.15) is 61.8 Å². The summed E-state index contributed by atoms with van der Waals surface area (Å²) in [4.78, 5) is 37.9. The van der Waals surface area contributed by atoms with Crippen LogP contribution in [0.15, 0.2) is 0 Å². The van der Waals surface area contributed by atoms with E-state index in [0.29, 0.717) is 6.42 Å². The normalized spacial score (nSPS) is 15.7. The van der Waals surface area contributed by atoms with Gasteiger partial charge in [-0.05, 0) is 38.5 Å². The minimum atomic E-state index is -1.04. The molecule has 0 aromatic rings. The van der Waals surface area contributed by atoms with Crippen molar-refractivity contribution in [3.8, 4) is 0 Å². The lowest BCUT2D eigenvalue weighted by atomic mass is 9.84. The number of nitrogens with one attached hydrogen (secondary N) is 2. The van der Waals surface area contributed by atoms with Crippen molar-refractivity contribution in [3.05, 3.63) is 0 Å². The van der Waals surface area contributed by atoms with Crippen LogP contribution < -0.4 is 10.6 Å². The Bertz CT molecular complexity index is 517. The fraction of sp³-hybridized carbons (Fsp3) is 0.850. The lowest BCUT2D eigenvalue weighted by molar-refractivity contribution is -0.173. The molecule has 0 saturated heterocycles. The van der Waals surface area contributed by atoms with Crippen molar-refractivity contribution < 1.29 is 23.9 Å². The molecular formula is C20H38N2O5. The highest BCUT2D eigenvalue weighted by Crippen LogP contribution is 2.24. The second kappa shape index (κ2) is 10.1. The van der Waals surface area contributed by atoms with E-state index in [2.05, 4.69) is 10.6 Å². The van der Waals surface area contributed by atoms with Crippen LogP contribution in [0.25, 0.3) is 0 Å². The summed E-state index contributed by atoms with van der Waals surface area (Å²) in [5.41, 5.74) is -1.19. The first-order valence-electron chi connectivity index (χ1n) is 9.41. The molecule has 2 amide bonds. The number of hydrogen-bond acceptors (Lipinski definition) is 5. The number of rotatable bonds is 8. The van der Waals surface area contributed by atoms with Gasteiger partial charge in [-0.1, -0.05) is 34.6 Å². The van der Waals surface area contributed by atoms with Crippen LogP contribution in [-0.2, 0) is 23.9 Å². The van der Waals surface area contributed by atoms with E-state index in [4.69, 9.17) is 9.47 Å². The largest absolute Gasteiger partial charge is 0.458 e. The molecule has 0 radical (unpaired) electrons. The zero-order chi connectivity index (χ0) is 21.6. The molecule has 3 atom stereocenters. The van der Waals surface area contributed by atoms with E-state index in [1.54, 1.807) is 20.8 Å². The van der Waals surface area contributed by atoms with Crippen LogP contribution in [0.3, 0.4) is 0 Å². The number of hydrogen-bond donors (Lipinski definition) is 2. The molecule has 0 aliphatic carbocycles. The zero-order valence-corrected chi connectivity index (χ0v) is 18.6. The molecule has 0 aliphatic heterocycles. The van der Waals surface area contributed by atoms with Crippen LogP contribution in [0.2, 0.25) is 0 Å². The van der Waals surface area contributed by atoms with Gasteiger partial charge in [-0.25, -0.2) is 4.79 Å². The van der Waals surface area contributed by atoms with Crippen molar-refractivity contribution in [2.45, 2.75) is 79.6 Å². The smallest absolute Gasteiger partial charge is 0.336 e. The summed E-state index contributed by atoms with van der Waals surface area (Å²) in [6, 6.07) is -0.735. The average molecular weight is 387 g/mol. The molecule has 7 heteroatoms. The van der Waals surface area contributed by atoms with Gasteiger partial charge in [0.15, 0.2) is 6.10 Å². The van der Waals surface area contributed by atoms with E-state index >= 15 is 0 Å². The van der Waals surface area contributed by atoms with Gasteiger partial charge in [0, 0.05) is 14.2 Å². The predicted octanol–water partition coefficient (Wildman–Crippen LogP) is 2.28. The fourth-order valence-corrected chi connectivity index (χ4v) is 2.73. The third-order valence-corrected chi connectivity index (χ3v) is 3.98. The summed E-state index contributed by atoms with van der Waals surface area (Å²) in [6.45, 7) is 14.8. The van der Waals surface area contributed by atoms with E-state index in [1.807, 2.05) is 34.6 Å². The Kier molecular flexibility index (Phi) is 9.45. The van der Waals surface area contributed by atoms with Gasteiger partial charge in [0.05, 0.1) is 5.92 Å². The van der Waals surface area contributed by atoms with Gasteiger partial charge < -0.3 is 20.1 Å². The van der Waals surface area contributed by atoms with Crippen molar-refractivity contribution in [3.63, 3.8) is 0 Å².